The second-order valence-electron chi connectivity index (χ2n) is 6.20. The third-order valence-electron chi connectivity index (χ3n) is 4.25. The Hall–Kier alpha value is -3.11. The van der Waals surface area contributed by atoms with Crippen molar-refractivity contribution in [1.82, 2.24) is 5.32 Å². The van der Waals surface area contributed by atoms with E-state index < -0.39 is 18.1 Å². The highest BCUT2D eigenvalue weighted by Gasteiger charge is 2.23. The predicted molar refractivity (Wildman–Crippen MR) is 109 cm³/mol. The van der Waals surface area contributed by atoms with Crippen LogP contribution in [0.2, 0.25) is 5.02 Å². The minimum Gasteiger partial charge on any atom is -0.493 e. The van der Waals surface area contributed by atoms with Crippen LogP contribution in [0.3, 0.4) is 0 Å². The minimum atomic E-state index is -0.937. The van der Waals surface area contributed by atoms with Crippen LogP contribution in [0.15, 0.2) is 30.3 Å². The lowest BCUT2D eigenvalue weighted by Crippen LogP contribution is -2.38. The Balaban J connectivity index is 2.20. The number of halogens is 1. The van der Waals surface area contributed by atoms with Gasteiger partial charge >= 0.3 is 0 Å². The summed E-state index contributed by atoms with van der Waals surface area (Å²) in [5.74, 6) is 1.27. The molecule has 2 rings (SSSR count). The molecule has 0 aromatic heterocycles. The lowest BCUT2D eigenvalue weighted by Gasteiger charge is -2.20. The average Bonchev–Trinajstić information content (AvgIpc) is 2.72. The first-order chi connectivity index (χ1) is 13.8. The molecule has 0 spiro atoms. The fourth-order valence-electron chi connectivity index (χ4n) is 2.71. The number of ether oxygens (including phenoxy) is 4. The van der Waals surface area contributed by atoms with E-state index in [1.54, 1.807) is 37.3 Å². The van der Waals surface area contributed by atoms with Crippen LogP contribution in [0.5, 0.6) is 23.0 Å². The van der Waals surface area contributed by atoms with Crippen LogP contribution in [0.4, 0.5) is 0 Å². The van der Waals surface area contributed by atoms with Gasteiger partial charge in [0, 0.05) is 5.02 Å². The number of nitrogens with zero attached hydrogens (tertiary/aromatic N) is 1. The predicted octanol–water partition coefficient (Wildman–Crippen LogP) is 3.82. The molecule has 2 aromatic carbocycles. The van der Waals surface area contributed by atoms with Gasteiger partial charge in [-0.2, -0.15) is 5.26 Å². The van der Waals surface area contributed by atoms with Crippen LogP contribution in [0.1, 0.15) is 24.1 Å². The Morgan fingerprint density at radius 3 is 2.17 bits per heavy atom. The van der Waals surface area contributed by atoms with Gasteiger partial charge in [-0.3, -0.25) is 4.79 Å². The van der Waals surface area contributed by atoms with E-state index >= 15 is 0 Å². The van der Waals surface area contributed by atoms with E-state index in [1.807, 2.05) is 6.92 Å². The standard InChI is InChI=1S/C21H23ClN2O5/c1-12-8-15(22)6-7-17(12)29-13(2)21(25)24-16(11-23)14-9-18(26-3)20(28-5)19(10-14)27-4/h6-10,13,16H,1-5H3,(H,24,25). The van der Waals surface area contributed by atoms with E-state index in [0.717, 1.165) is 5.56 Å². The molecule has 2 aromatic rings. The molecule has 29 heavy (non-hydrogen) atoms. The number of carbonyl (C=O) groups excluding carboxylic acids is 1. The molecule has 0 aliphatic rings. The van der Waals surface area contributed by atoms with Crippen molar-refractivity contribution >= 4 is 17.5 Å². The van der Waals surface area contributed by atoms with E-state index in [4.69, 9.17) is 30.5 Å². The van der Waals surface area contributed by atoms with Crippen LogP contribution in [-0.2, 0) is 4.79 Å². The summed E-state index contributed by atoms with van der Waals surface area (Å²) in [4.78, 5) is 12.6. The number of hydrogen-bond acceptors (Lipinski definition) is 6. The number of hydrogen-bond donors (Lipinski definition) is 1. The number of rotatable bonds is 8. The Kier molecular flexibility index (Phi) is 7.57. The summed E-state index contributed by atoms with van der Waals surface area (Å²) >= 11 is 5.94. The van der Waals surface area contributed by atoms with Crippen LogP contribution in [0, 0.1) is 18.3 Å². The lowest BCUT2D eigenvalue weighted by atomic mass is 10.1. The van der Waals surface area contributed by atoms with Gasteiger partial charge in [-0.1, -0.05) is 11.6 Å². The first kappa shape index (κ1) is 22.2. The molecular formula is C21H23ClN2O5. The third kappa shape index (κ3) is 5.24. The molecule has 0 saturated heterocycles. The number of benzene rings is 2. The van der Waals surface area contributed by atoms with Gasteiger partial charge in [0.05, 0.1) is 27.4 Å². The Morgan fingerprint density at radius 1 is 1.07 bits per heavy atom. The monoisotopic (exact) mass is 418 g/mol. The van der Waals surface area contributed by atoms with Crippen molar-refractivity contribution in [2.75, 3.05) is 21.3 Å². The lowest BCUT2D eigenvalue weighted by molar-refractivity contribution is -0.127. The van der Waals surface area contributed by atoms with Crippen LogP contribution < -0.4 is 24.3 Å². The van der Waals surface area contributed by atoms with Crippen molar-refractivity contribution in [2.45, 2.75) is 26.0 Å². The molecule has 0 heterocycles. The van der Waals surface area contributed by atoms with Crippen molar-refractivity contribution in [3.05, 3.63) is 46.5 Å². The molecule has 154 valence electrons. The molecule has 0 aliphatic carbocycles. The summed E-state index contributed by atoms with van der Waals surface area (Å²) in [6.45, 7) is 3.44. The van der Waals surface area contributed by atoms with Gasteiger partial charge in [-0.15, -0.1) is 0 Å². The number of aryl methyl sites for hydroxylation is 1. The molecule has 8 heteroatoms. The molecule has 1 amide bonds. The average molecular weight is 419 g/mol. The van der Waals surface area contributed by atoms with Crippen molar-refractivity contribution in [2.24, 2.45) is 0 Å². The van der Waals surface area contributed by atoms with Crippen molar-refractivity contribution < 1.29 is 23.7 Å². The Labute approximate surface area is 175 Å². The van der Waals surface area contributed by atoms with Crippen molar-refractivity contribution in [3.8, 4) is 29.1 Å². The largest absolute Gasteiger partial charge is 0.493 e. The van der Waals surface area contributed by atoms with Gasteiger partial charge < -0.3 is 24.3 Å². The second-order valence-corrected chi connectivity index (χ2v) is 6.64. The minimum absolute atomic E-state index is 0.387. The molecule has 0 bridgehead atoms. The van der Waals surface area contributed by atoms with E-state index in [-0.39, 0.29) is 0 Å². The highest BCUT2D eigenvalue weighted by molar-refractivity contribution is 6.30. The summed E-state index contributed by atoms with van der Waals surface area (Å²) in [6.07, 6.45) is -0.826. The maximum atomic E-state index is 12.6. The van der Waals surface area contributed by atoms with E-state index in [2.05, 4.69) is 11.4 Å². The molecule has 0 saturated carbocycles. The summed E-state index contributed by atoms with van der Waals surface area (Å²) in [5, 5.41) is 12.8. The van der Waals surface area contributed by atoms with E-state index in [0.29, 0.717) is 33.6 Å². The molecule has 2 unspecified atom stereocenters. The van der Waals surface area contributed by atoms with Gasteiger partial charge in [-0.25, -0.2) is 0 Å². The topological polar surface area (TPSA) is 89.8 Å². The number of amides is 1. The van der Waals surface area contributed by atoms with Gasteiger partial charge in [0.2, 0.25) is 5.75 Å². The molecule has 1 N–H and O–H groups in total. The van der Waals surface area contributed by atoms with Crippen LogP contribution in [-0.4, -0.2) is 33.3 Å². The van der Waals surface area contributed by atoms with Crippen LogP contribution in [0.25, 0.3) is 0 Å². The molecular weight excluding hydrogens is 396 g/mol. The Bertz CT molecular complexity index is 901. The summed E-state index contributed by atoms with van der Waals surface area (Å²) < 4.78 is 21.6. The zero-order valence-corrected chi connectivity index (χ0v) is 17.7. The van der Waals surface area contributed by atoms with E-state index in [1.165, 1.54) is 21.3 Å². The number of nitriles is 1. The highest BCUT2D eigenvalue weighted by atomic mass is 35.5. The van der Waals surface area contributed by atoms with Gasteiger partial charge in [0.25, 0.3) is 5.91 Å². The van der Waals surface area contributed by atoms with Gasteiger partial charge in [-0.05, 0) is 55.3 Å². The first-order valence-electron chi connectivity index (χ1n) is 8.77. The normalized spacial score (nSPS) is 12.3. The summed E-state index contributed by atoms with van der Waals surface area (Å²) in [6, 6.07) is 9.49. The summed E-state index contributed by atoms with van der Waals surface area (Å²) in [7, 11) is 4.44. The van der Waals surface area contributed by atoms with Gasteiger partial charge in [0.1, 0.15) is 11.8 Å². The summed E-state index contributed by atoms with van der Waals surface area (Å²) in [5.41, 5.74) is 1.30. The third-order valence-corrected chi connectivity index (χ3v) is 4.48. The maximum Gasteiger partial charge on any atom is 0.262 e. The SMILES string of the molecule is COc1cc(C(C#N)NC(=O)C(C)Oc2ccc(Cl)cc2C)cc(OC)c1OC. The van der Waals surface area contributed by atoms with Crippen molar-refractivity contribution in [1.29, 1.82) is 5.26 Å². The molecule has 0 aliphatic heterocycles. The first-order valence-corrected chi connectivity index (χ1v) is 9.15. The molecule has 0 radical (unpaired) electrons. The Morgan fingerprint density at radius 2 is 1.69 bits per heavy atom. The number of nitrogens with one attached hydrogen (secondary N) is 1. The van der Waals surface area contributed by atoms with Crippen molar-refractivity contribution in [3.63, 3.8) is 0 Å². The quantitative estimate of drug-likeness (QED) is 0.700. The zero-order chi connectivity index (χ0) is 21.6. The maximum absolute atomic E-state index is 12.6. The van der Waals surface area contributed by atoms with E-state index in [9.17, 15) is 10.1 Å². The molecule has 7 nitrogen and oxygen atoms in total. The highest BCUT2D eigenvalue weighted by Crippen LogP contribution is 2.39. The van der Waals surface area contributed by atoms with Gasteiger partial charge in [0.15, 0.2) is 17.6 Å². The second kappa shape index (κ2) is 9.89. The fourth-order valence-corrected chi connectivity index (χ4v) is 2.93. The smallest absolute Gasteiger partial charge is 0.262 e. The van der Waals surface area contributed by atoms with Crippen LogP contribution >= 0.6 is 11.6 Å². The molecule has 0 fully saturated rings. The number of carbonyl (C=O) groups is 1. The number of methoxy groups -OCH3 is 3. The molecule has 2 atom stereocenters. The fraction of sp³-hybridized carbons (Fsp3) is 0.333. The zero-order valence-electron chi connectivity index (χ0n) is 16.9.